The van der Waals surface area contributed by atoms with Crippen LogP contribution in [-0.4, -0.2) is 4.98 Å². The van der Waals surface area contributed by atoms with Crippen molar-refractivity contribution in [1.82, 2.24) is 4.98 Å². The van der Waals surface area contributed by atoms with Crippen LogP contribution in [-0.2, 0) is 0 Å². The number of nitrogen functional groups attached to an aromatic ring is 1. The molecule has 0 unspecified atom stereocenters. The van der Waals surface area contributed by atoms with Gasteiger partial charge in [-0.15, -0.1) is 0 Å². The summed E-state index contributed by atoms with van der Waals surface area (Å²) in [5.41, 5.74) is 8.46. The molecule has 4 saturated carbocycles. The average Bonchev–Trinajstić information content (AvgIpc) is 2.30. The summed E-state index contributed by atoms with van der Waals surface area (Å²) in [4.78, 5) is 4.48. The van der Waals surface area contributed by atoms with E-state index in [4.69, 9.17) is 5.73 Å². The van der Waals surface area contributed by atoms with E-state index in [1.165, 1.54) is 43.4 Å². The zero-order valence-corrected chi connectivity index (χ0v) is 11.1. The van der Waals surface area contributed by atoms with Gasteiger partial charge < -0.3 is 5.73 Å². The van der Waals surface area contributed by atoms with Crippen LogP contribution in [0.3, 0.4) is 0 Å². The van der Waals surface area contributed by atoms with Gasteiger partial charge in [0.25, 0.3) is 0 Å². The molecule has 1 heterocycles. The highest BCUT2D eigenvalue weighted by Crippen LogP contribution is 2.59. The van der Waals surface area contributed by atoms with Gasteiger partial charge in [0.1, 0.15) is 5.82 Å². The van der Waals surface area contributed by atoms with Gasteiger partial charge in [-0.1, -0.05) is 6.07 Å². The molecule has 0 aromatic carbocycles. The molecule has 0 atom stereocenters. The standard InChI is InChI=1S/C16H22N2/c1-9-14(2-3-15(17)18-9)16-12-5-10-4-11(7-12)8-13(16)6-10/h2-3,10-13,16H,4-8H2,1H3,(H2,17,18). The van der Waals surface area contributed by atoms with E-state index in [-0.39, 0.29) is 0 Å². The number of hydrogen-bond donors (Lipinski definition) is 1. The molecule has 0 aliphatic heterocycles. The Morgan fingerprint density at radius 2 is 1.61 bits per heavy atom. The maximum absolute atomic E-state index is 5.79. The lowest BCUT2D eigenvalue weighted by Crippen LogP contribution is -2.44. The van der Waals surface area contributed by atoms with E-state index in [9.17, 15) is 0 Å². The number of aromatic nitrogens is 1. The van der Waals surface area contributed by atoms with Crippen LogP contribution in [0.15, 0.2) is 12.1 Å². The molecule has 2 N–H and O–H groups in total. The molecule has 0 amide bonds. The Kier molecular flexibility index (Phi) is 2.24. The molecule has 4 fully saturated rings. The van der Waals surface area contributed by atoms with Crippen LogP contribution >= 0.6 is 0 Å². The number of aryl methyl sites for hydroxylation is 1. The highest BCUT2D eigenvalue weighted by Gasteiger charge is 2.48. The number of anilines is 1. The summed E-state index contributed by atoms with van der Waals surface area (Å²) in [6.45, 7) is 2.14. The third-order valence-electron chi connectivity index (χ3n) is 5.73. The molecule has 1 aromatic rings. The number of rotatable bonds is 1. The van der Waals surface area contributed by atoms with Crippen LogP contribution in [0, 0.1) is 30.6 Å². The van der Waals surface area contributed by atoms with Crippen molar-refractivity contribution < 1.29 is 0 Å². The molecular weight excluding hydrogens is 220 g/mol. The van der Waals surface area contributed by atoms with Gasteiger partial charge in [0.05, 0.1) is 0 Å². The summed E-state index contributed by atoms with van der Waals surface area (Å²) in [5, 5.41) is 0. The lowest BCUT2D eigenvalue weighted by Gasteiger charge is -2.54. The summed E-state index contributed by atoms with van der Waals surface area (Å²) in [5.74, 6) is 5.42. The fourth-order valence-corrected chi connectivity index (χ4v) is 5.38. The molecular formula is C16H22N2. The van der Waals surface area contributed by atoms with Crippen molar-refractivity contribution in [1.29, 1.82) is 0 Å². The van der Waals surface area contributed by atoms with Gasteiger partial charge in [0.15, 0.2) is 0 Å². The maximum atomic E-state index is 5.79. The predicted octanol–water partition coefficient (Wildman–Crippen LogP) is 3.51. The third-order valence-corrected chi connectivity index (χ3v) is 5.73. The largest absolute Gasteiger partial charge is 0.384 e. The zero-order chi connectivity index (χ0) is 12.3. The van der Waals surface area contributed by atoms with Gasteiger partial charge >= 0.3 is 0 Å². The first-order chi connectivity index (χ1) is 8.70. The summed E-state index contributed by atoms with van der Waals surface area (Å²) in [6.07, 6.45) is 7.42. The van der Waals surface area contributed by atoms with Crippen molar-refractivity contribution in [2.45, 2.75) is 44.9 Å². The van der Waals surface area contributed by atoms with Crippen LogP contribution in [0.1, 0.15) is 49.3 Å². The Labute approximate surface area is 109 Å². The molecule has 4 aliphatic rings. The van der Waals surface area contributed by atoms with E-state index in [2.05, 4.69) is 18.0 Å². The van der Waals surface area contributed by atoms with Crippen molar-refractivity contribution in [3.8, 4) is 0 Å². The Morgan fingerprint density at radius 1 is 1.00 bits per heavy atom. The van der Waals surface area contributed by atoms with Gasteiger partial charge in [-0.25, -0.2) is 4.98 Å². The van der Waals surface area contributed by atoms with Gasteiger partial charge in [0, 0.05) is 5.69 Å². The summed E-state index contributed by atoms with van der Waals surface area (Å²) in [7, 11) is 0. The molecule has 18 heavy (non-hydrogen) atoms. The first-order valence-corrected chi connectivity index (χ1v) is 7.43. The van der Waals surface area contributed by atoms with Gasteiger partial charge in [-0.05, 0) is 80.2 Å². The molecule has 1 aromatic heterocycles. The Bertz CT molecular complexity index is 452. The minimum absolute atomic E-state index is 0.667. The molecule has 5 rings (SSSR count). The first kappa shape index (κ1) is 10.8. The van der Waals surface area contributed by atoms with Crippen LogP contribution in [0.2, 0.25) is 0 Å². The van der Waals surface area contributed by atoms with Crippen molar-refractivity contribution in [2.24, 2.45) is 23.7 Å². The number of nitrogens with two attached hydrogens (primary N) is 1. The number of pyridine rings is 1. The zero-order valence-electron chi connectivity index (χ0n) is 11.1. The Morgan fingerprint density at radius 3 is 2.17 bits per heavy atom. The predicted molar refractivity (Wildman–Crippen MR) is 73.2 cm³/mol. The lowest BCUT2D eigenvalue weighted by atomic mass is 9.50. The smallest absolute Gasteiger partial charge is 0.123 e. The number of nitrogens with zero attached hydrogens (tertiary/aromatic N) is 1. The molecule has 0 spiro atoms. The fraction of sp³-hybridized carbons (Fsp3) is 0.688. The highest BCUT2D eigenvalue weighted by atomic mass is 14.8. The van der Waals surface area contributed by atoms with Crippen molar-refractivity contribution in [3.63, 3.8) is 0 Å². The van der Waals surface area contributed by atoms with Crippen LogP contribution in [0.25, 0.3) is 0 Å². The summed E-state index contributed by atoms with van der Waals surface area (Å²) in [6, 6.07) is 4.25. The van der Waals surface area contributed by atoms with Gasteiger partial charge in [-0.2, -0.15) is 0 Å². The van der Waals surface area contributed by atoms with E-state index < -0.39 is 0 Å². The summed E-state index contributed by atoms with van der Waals surface area (Å²) < 4.78 is 0. The third kappa shape index (κ3) is 1.51. The normalized spacial score (nSPS) is 41.3. The molecule has 0 radical (unpaired) electrons. The van der Waals surface area contributed by atoms with E-state index in [0.29, 0.717) is 5.82 Å². The highest BCUT2D eigenvalue weighted by molar-refractivity contribution is 5.36. The van der Waals surface area contributed by atoms with E-state index >= 15 is 0 Å². The van der Waals surface area contributed by atoms with Crippen molar-refractivity contribution in [2.75, 3.05) is 5.73 Å². The van der Waals surface area contributed by atoms with Gasteiger partial charge in [-0.3, -0.25) is 0 Å². The second kappa shape index (κ2) is 3.72. The molecule has 0 saturated heterocycles. The summed E-state index contributed by atoms with van der Waals surface area (Å²) >= 11 is 0. The van der Waals surface area contributed by atoms with E-state index in [1.807, 2.05) is 6.07 Å². The van der Waals surface area contributed by atoms with Crippen LogP contribution in [0.4, 0.5) is 5.82 Å². The molecule has 2 nitrogen and oxygen atoms in total. The van der Waals surface area contributed by atoms with Crippen molar-refractivity contribution >= 4 is 5.82 Å². The SMILES string of the molecule is Cc1nc(N)ccc1C1C2CC3CC(C2)CC1C3. The molecule has 2 heteroatoms. The lowest BCUT2D eigenvalue weighted by molar-refractivity contribution is -0.00309. The van der Waals surface area contributed by atoms with Crippen molar-refractivity contribution in [3.05, 3.63) is 23.4 Å². The molecule has 4 bridgehead atoms. The number of hydrogen-bond acceptors (Lipinski definition) is 2. The monoisotopic (exact) mass is 242 g/mol. The van der Waals surface area contributed by atoms with Crippen LogP contribution < -0.4 is 5.73 Å². The quantitative estimate of drug-likeness (QED) is 0.818. The van der Waals surface area contributed by atoms with Crippen LogP contribution in [0.5, 0.6) is 0 Å². The average molecular weight is 242 g/mol. The van der Waals surface area contributed by atoms with E-state index in [0.717, 1.165) is 29.6 Å². The second-order valence-corrected chi connectivity index (χ2v) is 6.87. The fourth-order valence-electron chi connectivity index (χ4n) is 5.38. The maximum Gasteiger partial charge on any atom is 0.123 e. The minimum atomic E-state index is 0.667. The topological polar surface area (TPSA) is 38.9 Å². The Hall–Kier alpha value is -1.05. The van der Waals surface area contributed by atoms with Gasteiger partial charge in [0.2, 0.25) is 0 Å². The Balaban J connectivity index is 1.72. The molecule has 4 aliphatic carbocycles. The second-order valence-electron chi connectivity index (χ2n) is 6.87. The van der Waals surface area contributed by atoms with E-state index in [1.54, 1.807) is 0 Å². The minimum Gasteiger partial charge on any atom is -0.384 e. The molecule has 96 valence electrons. The first-order valence-electron chi connectivity index (χ1n) is 7.43.